The van der Waals surface area contributed by atoms with E-state index >= 15 is 0 Å². The molecule has 4 aliphatic heterocycles. The zero-order valence-corrected chi connectivity index (χ0v) is 20.8. The van der Waals surface area contributed by atoms with E-state index in [0.717, 1.165) is 27.2 Å². The van der Waals surface area contributed by atoms with Crippen molar-refractivity contribution in [1.29, 1.82) is 0 Å². The number of aliphatic hydroxyl groups is 4. The number of aromatic nitrogens is 1. The number of hydrogen-bond acceptors (Lipinski definition) is 10. The van der Waals surface area contributed by atoms with Crippen molar-refractivity contribution in [2.24, 2.45) is 17.8 Å². The van der Waals surface area contributed by atoms with Gasteiger partial charge in [-0.25, -0.2) is 0 Å². The Morgan fingerprint density at radius 1 is 1.18 bits per heavy atom. The van der Waals surface area contributed by atoms with Crippen LogP contribution in [0.1, 0.15) is 6.42 Å². The molecule has 1 aromatic carbocycles. The SMILES string of the molecule is C=C[C@H]1[C@H](O[C@@H]2O[C@@H](CO)[C@H](O)[C@@H](O)[C@@H]2O)O[C@@H]2[C@@H](C(=O)OC)[C@H]1CC1=c3[nH]c4ccccc4c3=CCN12. The maximum Gasteiger partial charge on any atom is 0.313 e. The zero-order valence-electron chi connectivity index (χ0n) is 20.8. The molecule has 5 N–H and O–H groups in total. The van der Waals surface area contributed by atoms with Gasteiger partial charge in [0.1, 0.15) is 36.6 Å². The molecule has 0 spiro atoms. The highest BCUT2D eigenvalue weighted by atomic mass is 16.8. The van der Waals surface area contributed by atoms with E-state index in [2.05, 4.69) is 23.7 Å². The highest BCUT2D eigenvalue weighted by Crippen LogP contribution is 2.48. The maximum atomic E-state index is 13.0. The third kappa shape index (κ3) is 3.81. The quantitative estimate of drug-likeness (QED) is 0.228. The summed E-state index contributed by atoms with van der Waals surface area (Å²) in [4.78, 5) is 18.6. The lowest BCUT2D eigenvalue weighted by molar-refractivity contribution is -0.368. The van der Waals surface area contributed by atoms with Crippen LogP contribution in [0.5, 0.6) is 0 Å². The van der Waals surface area contributed by atoms with Gasteiger partial charge in [0.15, 0.2) is 12.6 Å². The van der Waals surface area contributed by atoms with Crippen LogP contribution >= 0.6 is 0 Å². The number of ether oxygens (including phenoxy) is 4. The summed E-state index contributed by atoms with van der Waals surface area (Å²) in [5.41, 5.74) is 2.04. The Balaban J connectivity index is 1.38. The van der Waals surface area contributed by atoms with Gasteiger partial charge in [0, 0.05) is 34.3 Å². The van der Waals surface area contributed by atoms with Crippen LogP contribution < -0.4 is 10.6 Å². The number of rotatable bonds is 5. The number of carbonyl (C=O) groups excluding carboxylic acids is 1. The first-order valence-electron chi connectivity index (χ1n) is 12.8. The van der Waals surface area contributed by atoms with Crippen LogP contribution in [-0.4, -0.2) is 99.8 Å². The molecule has 6 rings (SSSR count). The van der Waals surface area contributed by atoms with Crippen LogP contribution in [0, 0.1) is 17.8 Å². The van der Waals surface area contributed by atoms with Crippen molar-refractivity contribution in [3.05, 3.63) is 47.5 Å². The average Bonchev–Trinajstić information content (AvgIpc) is 3.32. The summed E-state index contributed by atoms with van der Waals surface area (Å²) in [6.45, 7) is 3.90. The van der Waals surface area contributed by atoms with E-state index in [1.54, 1.807) is 6.08 Å². The second kappa shape index (κ2) is 9.76. The molecule has 3 fully saturated rings. The second-order valence-electron chi connectivity index (χ2n) is 10.2. The van der Waals surface area contributed by atoms with Crippen LogP contribution in [0.2, 0.25) is 0 Å². The first kappa shape index (κ1) is 25.5. The molecule has 4 aliphatic rings. The van der Waals surface area contributed by atoms with Crippen LogP contribution in [0.15, 0.2) is 36.9 Å². The fraction of sp³-hybridized carbons (Fsp3) is 0.519. The molecule has 11 nitrogen and oxygen atoms in total. The van der Waals surface area contributed by atoms with Gasteiger partial charge in [-0.05, 0) is 18.4 Å². The maximum absolute atomic E-state index is 13.0. The van der Waals surface area contributed by atoms with Crippen LogP contribution in [-0.2, 0) is 23.7 Å². The molecule has 2 bridgehead atoms. The molecule has 11 heteroatoms. The molecule has 0 radical (unpaired) electrons. The predicted molar refractivity (Wildman–Crippen MR) is 133 cm³/mol. The number of aliphatic hydroxyl groups excluding tert-OH is 4. The Morgan fingerprint density at radius 2 is 1.97 bits per heavy atom. The van der Waals surface area contributed by atoms with E-state index in [1.165, 1.54) is 7.11 Å². The van der Waals surface area contributed by atoms with Crippen LogP contribution in [0.25, 0.3) is 22.7 Å². The lowest BCUT2D eigenvalue weighted by atomic mass is 9.71. The van der Waals surface area contributed by atoms with Crippen molar-refractivity contribution in [3.63, 3.8) is 0 Å². The number of hydrogen-bond donors (Lipinski definition) is 5. The van der Waals surface area contributed by atoms with Crippen molar-refractivity contribution in [3.8, 4) is 0 Å². The van der Waals surface area contributed by atoms with Crippen molar-refractivity contribution in [2.45, 2.75) is 49.6 Å². The van der Waals surface area contributed by atoms with E-state index in [-0.39, 0.29) is 5.92 Å². The molecule has 204 valence electrons. The number of para-hydroxylation sites is 1. The average molecular weight is 529 g/mol. The Hall–Kier alpha value is -2.77. The molecule has 0 aliphatic carbocycles. The minimum Gasteiger partial charge on any atom is -0.469 e. The third-order valence-corrected chi connectivity index (χ3v) is 8.32. The van der Waals surface area contributed by atoms with Gasteiger partial charge in [-0.2, -0.15) is 0 Å². The van der Waals surface area contributed by atoms with Crippen molar-refractivity contribution in [1.82, 2.24) is 9.88 Å². The fourth-order valence-corrected chi connectivity index (χ4v) is 6.39. The Kier molecular flexibility index (Phi) is 6.55. The summed E-state index contributed by atoms with van der Waals surface area (Å²) in [5, 5.41) is 43.7. The fourth-order valence-electron chi connectivity index (χ4n) is 6.39. The second-order valence-corrected chi connectivity index (χ2v) is 10.2. The molecule has 2 aromatic rings. The van der Waals surface area contributed by atoms with E-state index in [4.69, 9.17) is 18.9 Å². The molecule has 5 heterocycles. The molecule has 0 saturated carbocycles. The third-order valence-electron chi connectivity index (χ3n) is 8.32. The van der Waals surface area contributed by atoms with Crippen LogP contribution in [0.3, 0.4) is 0 Å². The topological polar surface area (TPSA) is 154 Å². The number of methoxy groups -OCH3 is 1. The van der Waals surface area contributed by atoms with E-state index in [0.29, 0.717) is 13.0 Å². The number of nitrogens with zero attached hydrogens (tertiary/aromatic N) is 1. The standard InChI is InChI=1S/C27H32N2O9/c1-3-12-15-10-17-20-14(13-6-4-5-7-16(13)28-20)8-9-29(17)24(19(15)25(34)35-2)37-26(12)38-27-23(33)22(32)21(31)18(11-30)36-27/h3-8,12,15,18-19,21-24,26-28,30-33H,1,9-11H2,2H3/t12-,15+,18+,19+,21+,22-,23+,24-,26+,27+/m1/s1. The summed E-state index contributed by atoms with van der Waals surface area (Å²) >= 11 is 0. The summed E-state index contributed by atoms with van der Waals surface area (Å²) in [6.07, 6.45) is -4.64. The summed E-state index contributed by atoms with van der Waals surface area (Å²) in [5.74, 6) is -1.84. The number of fused-ring (bicyclic) bond motifs is 7. The Morgan fingerprint density at radius 3 is 2.71 bits per heavy atom. The Bertz CT molecular complexity index is 1360. The lowest BCUT2D eigenvalue weighted by Crippen LogP contribution is -2.64. The molecular weight excluding hydrogens is 496 g/mol. The zero-order chi connectivity index (χ0) is 26.7. The van der Waals surface area contributed by atoms with E-state index in [9.17, 15) is 25.2 Å². The lowest BCUT2D eigenvalue weighted by Gasteiger charge is -2.54. The highest BCUT2D eigenvalue weighted by molar-refractivity contribution is 5.83. The largest absolute Gasteiger partial charge is 0.469 e. The predicted octanol–water partition coefficient (Wildman–Crippen LogP) is -1.52. The first-order chi connectivity index (χ1) is 18.4. The van der Waals surface area contributed by atoms with E-state index in [1.807, 2.05) is 23.1 Å². The van der Waals surface area contributed by atoms with E-state index < -0.39 is 67.6 Å². The highest BCUT2D eigenvalue weighted by Gasteiger charge is 2.56. The van der Waals surface area contributed by atoms with Gasteiger partial charge in [-0.3, -0.25) is 4.79 Å². The van der Waals surface area contributed by atoms with Gasteiger partial charge in [0.2, 0.25) is 0 Å². The molecule has 1 aromatic heterocycles. The normalized spacial score (nSPS) is 38.2. The first-order valence-corrected chi connectivity index (χ1v) is 12.8. The van der Waals surface area contributed by atoms with Crippen molar-refractivity contribution in [2.75, 3.05) is 20.3 Å². The van der Waals surface area contributed by atoms with Crippen molar-refractivity contribution < 1.29 is 44.2 Å². The van der Waals surface area contributed by atoms with Gasteiger partial charge in [-0.1, -0.05) is 30.4 Å². The number of nitrogens with one attached hydrogen (secondary N) is 1. The van der Waals surface area contributed by atoms with Gasteiger partial charge < -0.3 is 49.3 Å². The number of carbonyl (C=O) groups is 1. The minimum absolute atomic E-state index is 0.308. The Labute approximate surface area is 218 Å². The molecular formula is C27H32N2O9. The van der Waals surface area contributed by atoms with Gasteiger partial charge in [0.05, 0.1) is 19.1 Å². The number of esters is 1. The molecule has 0 amide bonds. The number of piperidine rings is 1. The molecule has 38 heavy (non-hydrogen) atoms. The van der Waals surface area contributed by atoms with Gasteiger partial charge in [-0.15, -0.1) is 6.58 Å². The monoisotopic (exact) mass is 528 g/mol. The number of benzene rings is 1. The number of H-pyrrole nitrogens is 1. The van der Waals surface area contributed by atoms with Crippen molar-refractivity contribution >= 4 is 28.6 Å². The molecule has 3 saturated heterocycles. The molecule has 10 atom stereocenters. The van der Waals surface area contributed by atoms with Gasteiger partial charge >= 0.3 is 5.97 Å². The summed E-state index contributed by atoms with van der Waals surface area (Å²) in [7, 11) is 1.35. The van der Waals surface area contributed by atoms with Gasteiger partial charge in [0.25, 0.3) is 0 Å². The smallest absolute Gasteiger partial charge is 0.313 e. The molecule has 0 unspecified atom stereocenters. The van der Waals surface area contributed by atoms with Crippen LogP contribution in [0.4, 0.5) is 0 Å². The summed E-state index contributed by atoms with van der Waals surface area (Å²) in [6, 6.07) is 8.09. The summed E-state index contributed by atoms with van der Waals surface area (Å²) < 4.78 is 23.2. The number of aromatic amines is 1. The minimum atomic E-state index is -1.59.